The molecule has 3 aromatic rings. The van der Waals surface area contributed by atoms with Crippen LogP contribution in [0.15, 0.2) is 60.8 Å². The molecule has 1 aromatic heterocycles. The van der Waals surface area contributed by atoms with E-state index in [0.717, 1.165) is 56.1 Å². The Morgan fingerprint density at radius 3 is 2.41 bits per heavy atom. The van der Waals surface area contributed by atoms with Crippen LogP contribution < -0.4 is 11.1 Å². The highest BCUT2D eigenvalue weighted by Gasteiger charge is 2.34. The number of nitrogens with zero attached hydrogens (tertiary/aromatic N) is 2. The van der Waals surface area contributed by atoms with Gasteiger partial charge in [0.05, 0.1) is 28.6 Å². The van der Waals surface area contributed by atoms with Gasteiger partial charge in [-0.2, -0.15) is 0 Å². The van der Waals surface area contributed by atoms with Crippen LogP contribution in [-0.2, 0) is 21.3 Å². The Kier molecular flexibility index (Phi) is 8.26. The largest absolute Gasteiger partial charge is 0.325 e. The van der Waals surface area contributed by atoms with E-state index in [9.17, 15) is 13.4 Å². The van der Waals surface area contributed by atoms with Crippen LogP contribution in [0, 0.1) is 11.7 Å². The highest BCUT2D eigenvalue weighted by molar-refractivity contribution is 7.81. The highest BCUT2D eigenvalue weighted by atomic mass is 32.2. The molecule has 6 nitrogen and oxygen atoms in total. The first-order valence-electron chi connectivity index (χ1n) is 13.7. The summed E-state index contributed by atoms with van der Waals surface area (Å²) in [6, 6.07) is 16.8. The Morgan fingerprint density at radius 1 is 1.10 bits per heavy atom. The van der Waals surface area contributed by atoms with Crippen molar-refractivity contribution in [1.29, 1.82) is 0 Å². The molecular weight excluding hydrogens is 511 g/mol. The first-order chi connectivity index (χ1) is 18.7. The number of amides is 1. The van der Waals surface area contributed by atoms with Crippen LogP contribution in [0.1, 0.15) is 56.9 Å². The van der Waals surface area contributed by atoms with Crippen molar-refractivity contribution < 1.29 is 13.4 Å². The van der Waals surface area contributed by atoms with Crippen molar-refractivity contribution in [3.05, 3.63) is 72.2 Å². The molecule has 0 saturated heterocycles. The normalized spacial score (nSPS) is 21.3. The van der Waals surface area contributed by atoms with Crippen LogP contribution in [0.3, 0.4) is 0 Å². The smallest absolute Gasteiger partial charge is 0.224 e. The number of halogens is 1. The predicted octanol–water partition coefficient (Wildman–Crippen LogP) is 6.01. The molecule has 2 aromatic carbocycles. The zero-order valence-electron chi connectivity index (χ0n) is 22.7. The Hall–Kier alpha value is -2.94. The number of anilines is 1. The molecule has 39 heavy (non-hydrogen) atoms. The lowest BCUT2D eigenvalue weighted by Crippen LogP contribution is -2.43. The van der Waals surface area contributed by atoms with Crippen LogP contribution >= 0.6 is 0 Å². The summed E-state index contributed by atoms with van der Waals surface area (Å²) >= 11 is 0. The molecule has 8 heteroatoms. The second-order valence-electron chi connectivity index (χ2n) is 11.1. The fourth-order valence-corrected chi connectivity index (χ4v) is 6.48. The summed E-state index contributed by atoms with van der Waals surface area (Å²) < 4.78 is 28.6. The van der Waals surface area contributed by atoms with Gasteiger partial charge in [-0.15, -0.1) is 0 Å². The molecule has 1 heterocycles. The number of rotatable bonds is 8. The first kappa shape index (κ1) is 27.6. The number of nitrogens with two attached hydrogens (primary N) is 1. The molecule has 2 aliphatic rings. The fraction of sp³-hybridized carbons (Fsp3) is 0.419. The highest BCUT2D eigenvalue weighted by Crippen LogP contribution is 2.40. The monoisotopic (exact) mass is 548 g/mol. The predicted molar refractivity (Wildman–Crippen MR) is 156 cm³/mol. The Labute approximate surface area is 232 Å². The summed E-state index contributed by atoms with van der Waals surface area (Å²) in [7, 11) is 0.917. The van der Waals surface area contributed by atoms with E-state index in [4.69, 9.17) is 10.7 Å². The van der Waals surface area contributed by atoms with Crippen molar-refractivity contribution in [3.8, 4) is 22.4 Å². The average molecular weight is 549 g/mol. The van der Waals surface area contributed by atoms with Gasteiger partial charge >= 0.3 is 0 Å². The molecule has 1 unspecified atom stereocenters. The summed E-state index contributed by atoms with van der Waals surface area (Å²) in [5.74, 6) is -0.123. The van der Waals surface area contributed by atoms with Gasteiger partial charge in [0.15, 0.2) is 0 Å². The molecule has 0 radical (unpaired) electrons. The number of hydrogen-bond donors (Lipinski definition) is 2. The van der Waals surface area contributed by atoms with Crippen molar-refractivity contribution in [1.82, 2.24) is 9.29 Å². The number of benzene rings is 2. The summed E-state index contributed by atoms with van der Waals surface area (Å²) in [5, 5.41) is 2.99. The Morgan fingerprint density at radius 2 is 1.79 bits per heavy atom. The molecule has 0 bridgehead atoms. The lowest BCUT2D eigenvalue weighted by Gasteiger charge is -2.38. The number of hydrogen-bond acceptors (Lipinski definition) is 4. The zero-order valence-corrected chi connectivity index (χ0v) is 23.5. The van der Waals surface area contributed by atoms with Gasteiger partial charge in [0.25, 0.3) is 0 Å². The molecule has 2 aliphatic carbocycles. The standard InChI is InChI=1S/C31H37FN4O2S/c1-36(39(2)38)25-14-8-21(9-15-25)18-29(37)35-24-19-27(26-6-3-4-7-28(26)32)30(34-20-24)22-10-12-23(13-11-22)31(33)16-5-17-31/h3-4,6-7,10-13,19-21,25H,5,8-9,14-18,33H2,1-2H3,(H,35,37). The molecular formula is C31H37FN4O2S. The lowest BCUT2D eigenvalue weighted by atomic mass is 9.72. The quantitative estimate of drug-likeness (QED) is 0.361. The average Bonchev–Trinajstić information content (AvgIpc) is 2.92. The molecule has 5 rings (SSSR count). The molecule has 1 amide bonds. The molecule has 1 atom stereocenters. The maximum Gasteiger partial charge on any atom is 0.224 e. The molecule has 206 valence electrons. The fourth-order valence-electron chi connectivity index (χ4n) is 5.85. The number of nitrogens with one attached hydrogen (secondary N) is 1. The summed E-state index contributed by atoms with van der Waals surface area (Å²) in [6.45, 7) is 0. The van der Waals surface area contributed by atoms with Crippen LogP contribution in [0.5, 0.6) is 0 Å². The van der Waals surface area contributed by atoms with Gasteiger partial charge in [-0.25, -0.2) is 12.9 Å². The SMILES string of the molecule is CN(C1CCC(CC(=O)Nc2cnc(-c3ccc(C4(N)CCC4)cc3)c(-c3ccccc3F)c2)CC1)S(C)=O. The van der Waals surface area contributed by atoms with E-state index >= 15 is 0 Å². The minimum Gasteiger partial charge on any atom is -0.325 e. The third-order valence-corrected chi connectivity index (χ3v) is 9.63. The van der Waals surface area contributed by atoms with Crippen LogP contribution in [0.2, 0.25) is 0 Å². The summed E-state index contributed by atoms with van der Waals surface area (Å²) in [4.78, 5) is 17.6. The van der Waals surface area contributed by atoms with Crippen molar-refractivity contribution in [2.24, 2.45) is 11.7 Å². The van der Waals surface area contributed by atoms with Gasteiger partial charge in [-0.05, 0) is 68.6 Å². The molecule has 3 N–H and O–H groups in total. The molecule has 2 saturated carbocycles. The Bertz CT molecular complexity index is 1350. The maximum absolute atomic E-state index is 14.9. The second-order valence-corrected chi connectivity index (χ2v) is 12.5. The van der Waals surface area contributed by atoms with E-state index in [-0.39, 0.29) is 17.3 Å². The minimum absolute atomic E-state index is 0.0713. The van der Waals surface area contributed by atoms with E-state index in [1.165, 1.54) is 6.07 Å². The summed E-state index contributed by atoms with van der Waals surface area (Å²) in [5.41, 5.74) is 10.5. The molecule has 2 fully saturated rings. The van der Waals surface area contributed by atoms with E-state index in [1.807, 2.05) is 41.7 Å². The topological polar surface area (TPSA) is 88.3 Å². The number of carbonyl (C=O) groups excluding carboxylic acids is 1. The maximum atomic E-state index is 14.9. The number of pyridine rings is 1. The van der Waals surface area contributed by atoms with Crippen LogP contribution in [-0.4, -0.2) is 38.8 Å². The third kappa shape index (κ3) is 6.13. The van der Waals surface area contributed by atoms with E-state index in [1.54, 1.807) is 30.7 Å². The van der Waals surface area contributed by atoms with Crippen molar-refractivity contribution >= 4 is 22.6 Å². The lowest BCUT2D eigenvalue weighted by molar-refractivity contribution is -0.117. The van der Waals surface area contributed by atoms with Crippen molar-refractivity contribution in [2.45, 2.75) is 62.9 Å². The first-order valence-corrected chi connectivity index (χ1v) is 15.3. The Balaban J connectivity index is 1.33. The minimum atomic E-state index is -0.981. The van der Waals surface area contributed by atoms with Gasteiger partial charge in [0.1, 0.15) is 5.82 Å². The van der Waals surface area contributed by atoms with Crippen LogP contribution in [0.25, 0.3) is 22.4 Å². The van der Waals surface area contributed by atoms with Crippen molar-refractivity contribution in [3.63, 3.8) is 0 Å². The van der Waals surface area contributed by atoms with Crippen molar-refractivity contribution in [2.75, 3.05) is 18.6 Å². The third-order valence-electron chi connectivity index (χ3n) is 8.52. The van der Waals surface area contributed by atoms with Crippen LogP contribution in [0.4, 0.5) is 10.1 Å². The summed E-state index contributed by atoms with van der Waals surface area (Å²) in [6.07, 6.45) is 10.6. The zero-order chi connectivity index (χ0) is 27.6. The second kappa shape index (κ2) is 11.7. The van der Waals surface area contributed by atoms with E-state index < -0.39 is 11.0 Å². The van der Waals surface area contributed by atoms with E-state index in [2.05, 4.69) is 5.32 Å². The van der Waals surface area contributed by atoms with Gasteiger partial charge in [0, 0.05) is 48.0 Å². The molecule has 0 spiro atoms. The van der Waals surface area contributed by atoms with Gasteiger partial charge < -0.3 is 11.1 Å². The van der Waals surface area contributed by atoms with Gasteiger partial charge in [-0.3, -0.25) is 9.78 Å². The van der Waals surface area contributed by atoms with Gasteiger partial charge in [0.2, 0.25) is 5.91 Å². The van der Waals surface area contributed by atoms with E-state index in [0.29, 0.717) is 40.9 Å². The number of aromatic nitrogens is 1. The number of carbonyl (C=O) groups is 1. The van der Waals surface area contributed by atoms with Gasteiger partial charge in [-0.1, -0.05) is 42.5 Å². The molecule has 0 aliphatic heterocycles.